The average Bonchev–Trinajstić information content (AvgIpc) is 3.96. The summed E-state index contributed by atoms with van der Waals surface area (Å²) in [5, 5.41) is 11.2. The first-order valence-electron chi connectivity index (χ1n) is 16.7. The summed E-state index contributed by atoms with van der Waals surface area (Å²) >= 11 is 7.84. The molecule has 3 aliphatic rings. The van der Waals surface area contributed by atoms with Crippen LogP contribution in [-0.4, -0.2) is 44.6 Å². The van der Waals surface area contributed by atoms with Crippen LogP contribution in [0.4, 0.5) is 14.6 Å². The van der Waals surface area contributed by atoms with E-state index in [1.54, 1.807) is 24.4 Å². The van der Waals surface area contributed by atoms with Gasteiger partial charge in [0.2, 0.25) is 0 Å². The fourth-order valence-corrected chi connectivity index (χ4v) is 9.26. The normalized spacial score (nSPS) is 17.6. The lowest BCUT2D eigenvalue weighted by Gasteiger charge is -2.17. The Labute approximate surface area is 298 Å². The van der Waals surface area contributed by atoms with Crippen molar-refractivity contribution in [2.45, 2.75) is 50.6 Å². The number of aromatic nitrogens is 4. The van der Waals surface area contributed by atoms with E-state index in [1.165, 1.54) is 30.6 Å². The van der Waals surface area contributed by atoms with Gasteiger partial charge in [-0.2, -0.15) is 0 Å². The number of fused-ring (bicyclic) bond motifs is 5. The molecule has 0 spiro atoms. The quantitative estimate of drug-likeness (QED) is 0.163. The van der Waals surface area contributed by atoms with Gasteiger partial charge in [0, 0.05) is 23.2 Å². The molecule has 1 amide bonds. The van der Waals surface area contributed by atoms with Gasteiger partial charge in [-0.15, -0.1) is 16.4 Å². The van der Waals surface area contributed by atoms with Crippen molar-refractivity contribution in [1.29, 1.82) is 0 Å². The molecule has 4 aromatic heterocycles. The van der Waals surface area contributed by atoms with Crippen LogP contribution in [0.5, 0.6) is 5.75 Å². The van der Waals surface area contributed by atoms with E-state index in [-0.39, 0.29) is 40.5 Å². The molecular weight excluding hydrogens is 698 g/mol. The van der Waals surface area contributed by atoms with Gasteiger partial charge in [0.15, 0.2) is 11.6 Å². The Balaban J connectivity index is 1.19. The largest absolute Gasteiger partial charge is 0.492 e. The molecule has 14 heteroatoms. The number of hydrogen-bond donors (Lipinski definition) is 2. The molecule has 2 atom stereocenters. The number of anilines is 1. The van der Waals surface area contributed by atoms with Crippen LogP contribution in [0.15, 0.2) is 57.9 Å². The summed E-state index contributed by atoms with van der Waals surface area (Å²) < 4.78 is 40.6. The number of ether oxygens (including phenoxy) is 1. The minimum atomic E-state index is -0.731. The maximum Gasteiger partial charge on any atom is 0.434 e. The van der Waals surface area contributed by atoms with Crippen molar-refractivity contribution in [2.75, 3.05) is 19.0 Å². The van der Waals surface area contributed by atoms with Gasteiger partial charge in [-0.05, 0) is 90.9 Å². The zero-order chi connectivity index (χ0) is 35.0. The molecule has 6 aromatic rings. The van der Waals surface area contributed by atoms with E-state index in [0.29, 0.717) is 71.7 Å². The summed E-state index contributed by atoms with van der Waals surface area (Å²) in [6, 6.07) is 11.6. The molecule has 6 heterocycles. The van der Waals surface area contributed by atoms with Crippen LogP contribution < -0.4 is 15.8 Å². The third-order valence-corrected chi connectivity index (χ3v) is 11.6. The molecule has 0 bridgehead atoms. The Hall–Kier alpha value is -5.14. The van der Waals surface area contributed by atoms with Crippen molar-refractivity contribution >= 4 is 44.7 Å². The fourth-order valence-electron chi connectivity index (χ4n) is 7.82. The predicted octanol–water partition coefficient (Wildman–Crippen LogP) is 7.82. The Morgan fingerprint density at radius 3 is 2.73 bits per heavy atom. The number of benzene rings is 2. The number of aromatic amines is 1. The lowest BCUT2D eigenvalue weighted by molar-refractivity contribution is 0.0776. The molecule has 9 rings (SSSR count). The molecule has 2 aromatic carbocycles. The van der Waals surface area contributed by atoms with Crippen LogP contribution in [0.25, 0.3) is 32.0 Å². The van der Waals surface area contributed by atoms with E-state index in [4.69, 9.17) is 25.7 Å². The molecule has 0 unspecified atom stereocenters. The lowest BCUT2D eigenvalue weighted by atomic mass is 9.93. The van der Waals surface area contributed by atoms with Crippen molar-refractivity contribution in [2.24, 2.45) is 0 Å². The number of carbonyl (C=O) groups is 1. The molecule has 258 valence electrons. The van der Waals surface area contributed by atoms with Gasteiger partial charge in [-0.1, -0.05) is 23.7 Å². The second-order valence-electron chi connectivity index (χ2n) is 13.0. The summed E-state index contributed by atoms with van der Waals surface area (Å²) in [7, 11) is 1.40. The van der Waals surface area contributed by atoms with Crippen molar-refractivity contribution in [3.63, 3.8) is 0 Å². The van der Waals surface area contributed by atoms with Crippen LogP contribution in [-0.2, 0) is 19.3 Å². The number of nitrogens with zero attached hydrogens (tertiary/aromatic N) is 4. The Morgan fingerprint density at radius 1 is 1.10 bits per heavy atom. The SMILES string of the molecule is COc1c(Cl)cc2c(c1F)CC[C@@H]2Nc1nccc2cc(-c3c4c(nc(CCc5ccc(F)cc5)c3-c3n[nH]c(=O)o3)[C@H]3CCCN3C4=O)sc12. The van der Waals surface area contributed by atoms with Gasteiger partial charge >= 0.3 is 5.76 Å². The predicted molar refractivity (Wildman–Crippen MR) is 188 cm³/mol. The zero-order valence-electron chi connectivity index (χ0n) is 27.2. The lowest BCUT2D eigenvalue weighted by Crippen LogP contribution is -2.22. The van der Waals surface area contributed by atoms with E-state index in [1.807, 2.05) is 17.0 Å². The smallest absolute Gasteiger partial charge is 0.434 e. The van der Waals surface area contributed by atoms with E-state index in [2.05, 4.69) is 20.5 Å². The number of carbonyl (C=O) groups excluding carboxylic acids is 1. The standard InChI is InChI=1S/C37H29ClF2N6O4S/c1-49-32-22(38)16-21-20(30(32)40)9-11-23(21)43-34-33-18(12-13-41-34)15-26(51-33)28-27(35-44-45-37(48)50-35)24(10-6-17-4-7-19(39)8-5-17)42-31-25-3-2-14-46(25)36(47)29(28)31/h4-5,7-8,12-13,15-16,23,25H,2-3,6,9-11,14H2,1H3,(H,41,43)(H,45,48)/t23-,25+/m0/s1. The number of halogens is 3. The summed E-state index contributed by atoms with van der Waals surface area (Å²) in [6.07, 6.45) is 5.48. The van der Waals surface area contributed by atoms with E-state index >= 15 is 4.39 Å². The number of aryl methyl sites for hydroxylation is 2. The average molecular weight is 727 g/mol. The minimum absolute atomic E-state index is 0.0325. The molecule has 0 radical (unpaired) electrons. The van der Waals surface area contributed by atoms with Gasteiger partial charge < -0.3 is 19.4 Å². The molecule has 2 N–H and O–H groups in total. The summed E-state index contributed by atoms with van der Waals surface area (Å²) in [5.74, 6) is -0.938. The summed E-state index contributed by atoms with van der Waals surface area (Å²) in [6.45, 7) is 0.626. The highest BCUT2D eigenvalue weighted by Crippen LogP contribution is 2.51. The number of thiophene rings is 1. The fraction of sp³-hybridized carbons (Fsp3) is 0.270. The molecule has 2 aliphatic heterocycles. The molecule has 51 heavy (non-hydrogen) atoms. The van der Waals surface area contributed by atoms with Crippen molar-refractivity contribution < 1.29 is 22.7 Å². The maximum atomic E-state index is 15.3. The van der Waals surface area contributed by atoms with Gasteiger partial charge in [0.25, 0.3) is 11.8 Å². The Bertz CT molecular complexity index is 2440. The Morgan fingerprint density at radius 2 is 1.94 bits per heavy atom. The van der Waals surface area contributed by atoms with E-state index in [9.17, 15) is 14.0 Å². The molecule has 10 nitrogen and oxygen atoms in total. The van der Waals surface area contributed by atoms with Gasteiger partial charge in [0.1, 0.15) is 11.6 Å². The number of pyridine rings is 2. The van der Waals surface area contributed by atoms with Gasteiger partial charge in [-0.3, -0.25) is 9.78 Å². The first-order chi connectivity index (χ1) is 24.8. The van der Waals surface area contributed by atoms with Crippen LogP contribution in [0, 0.1) is 11.6 Å². The summed E-state index contributed by atoms with van der Waals surface area (Å²) in [5.41, 5.74) is 5.09. The van der Waals surface area contributed by atoms with Crippen molar-refractivity contribution in [3.05, 3.63) is 110 Å². The highest BCUT2D eigenvalue weighted by Gasteiger charge is 2.45. The second-order valence-corrected chi connectivity index (χ2v) is 14.4. The molecule has 1 saturated heterocycles. The third kappa shape index (κ3) is 5.20. The Kier molecular flexibility index (Phi) is 7.65. The van der Waals surface area contributed by atoms with E-state index < -0.39 is 11.6 Å². The van der Waals surface area contributed by atoms with Gasteiger partial charge in [0.05, 0.1) is 51.4 Å². The highest BCUT2D eigenvalue weighted by atomic mass is 35.5. The van der Waals surface area contributed by atoms with Gasteiger partial charge in [-0.25, -0.2) is 23.7 Å². The first-order valence-corrected chi connectivity index (χ1v) is 17.9. The molecular formula is C37H29ClF2N6O4S. The number of amides is 1. The third-order valence-electron chi connectivity index (χ3n) is 10.1. The second kappa shape index (κ2) is 12.3. The number of methoxy groups -OCH3 is 1. The van der Waals surface area contributed by atoms with Crippen LogP contribution in [0.2, 0.25) is 5.02 Å². The maximum absolute atomic E-state index is 15.3. The highest BCUT2D eigenvalue weighted by molar-refractivity contribution is 7.23. The minimum Gasteiger partial charge on any atom is -0.492 e. The van der Waals surface area contributed by atoms with Crippen molar-refractivity contribution in [1.82, 2.24) is 25.1 Å². The van der Waals surface area contributed by atoms with E-state index in [0.717, 1.165) is 38.9 Å². The first kappa shape index (κ1) is 31.8. The molecule has 1 fully saturated rings. The number of nitrogens with one attached hydrogen (secondary N) is 2. The molecule has 0 saturated carbocycles. The number of rotatable bonds is 8. The topological polar surface area (TPSA) is 126 Å². The summed E-state index contributed by atoms with van der Waals surface area (Å²) in [4.78, 5) is 38.9. The van der Waals surface area contributed by atoms with Crippen LogP contribution in [0.1, 0.15) is 69.8 Å². The number of H-pyrrole nitrogens is 1. The number of hydrogen-bond acceptors (Lipinski definition) is 9. The van der Waals surface area contributed by atoms with Crippen molar-refractivity contribution in [3.8, 4) is 27.6 Å². The zero-order valence-corrected chi connectivity index (χ0v) is 28.8. The monoisotopic (exact) mass is 726 g/mol. The molecule has 1 aliphatic carbocycles. The van der Waals surface area contributed by atoms with Crippen LogP contribution >= 0.6 is 22.9 Å². The van der Waals surface area contributed by atoms with Crippen LogP contribution in [0.3, 0.4) is 0 Å².